The van der Waals surface area contributed by atoms with Gasteiger partial charge in [0.05, 0.1) is 18.8 Å². The molecule has 2 aliphatic rings. The van der Waals surface area contributed by atoms with E-state index in [1.807, 2.05) is 4.90 Å². The van der Waals surface area contributed by atoms with Gasteiger partial charge in [-0.25, -0.2) is 0 Å². The van der Waals surface area contributed by atoms with E-state index in [2.05, 4.69) is 26.1 Å². The van der Waals surface area contributed by atoms with Crippen molar-refractivity contribution in [2.24, 2.45) is 11.8 Å². The van der Waals surface area contributed by atoms with Gasteiger partial charge in [0.15, 0.2) is 0 Å². The molecule has 0 aliphatic carbocycles. The van der Waals surface area contributed by atoms with Crippen LogP contribution in [0.15, 0.2) is 0 Å². The van der Waals surface area contributed by atoms with Crippen LogP contribution in [-0.4, -0.2) is 42.8 Å². The van der Waals surface area contributed by atoms with Crippen LogP contribution in [0.2, 0.25) is 0 Å². The molecule has 2 saturated heterocycles. The molecular formula is C13H24N2O2. The van der Waals surface area contributed by atoms with Gasteiger partial charge in [-0.2, -0.15) is 0 Å². The summed E-state index contributed by atoms with van der Waals surface area (Å²) in [5.41, 5.74) is 0. The number of ether oxygens (including phenoxy) is 1. The molecule has 0 aromatic heterocycles. The number of rotatable bonds is 4. The molecule has 4 unspecified atom stereocenters. The Labute approximate surface area is 104 Å². The van der Waals surface area contributed by atoms with Crippen LogP contribution < -0.4 is 5.32 Å². The zero-order valence-electron chi connectivity index (χ0n) is 11.1. The summed E-state index contributed by atoms with van der Waals surface area (Å²) >= 11 is 0. The Hall–Kier alpha value is -0.610. The van der Waals surface area contributed by atoms with Crippen molar-refractivity contribution in [3.8, 4) is 0 Å². The van der Waals surface area contributed by atoms with Crippen LogP contribution in [0.3, 0.4) is 0 Å². The zero-order valence-corrected chi connectivity index (χ0v) is 11.1. The highest BCUT2D eigenvalue weighted by Crippen LogP contribution is 2.22. The van der Waals surface area contributed by atoms with Crippen LogP contribution in [0, 0.1) is 11.8 Å². The summed E-state index contributed by atoms with van der Waals surface area (Å²) in [7, 11) is 0. The topological polar surface area (TPSA) is 41.6 Å². The second-order valence-corrected chi connectivity index (χ2v) is 5.43. The van der Waals surface area contributed by atoms with E-state index < -0.39 is 0 Å². The van der Waals surface area contributed by atoms with Crippen molar-refractivity contribution in [1.29, 1.82) is 0 Å². The lowest BCUT2D eigenvalue weighted by Crippen LogP contribution is -2.38. The van der Waals surface area contributed by atoms with Gasteiger partial charge < -0.3 is 9.64 Å². The van der Waals surface area contributed by atoms with Gasteiger partial charge in [0, 0.05) is 19.1 Å². The molecule has 0 spiro atoms. The number of nitrogens with one attached hydrogen (secondary N) is 1. The molecular weight excluding hydrogens is 216 g/mol. The first kappa shape index (κ1) is 12.8. The fourth-order valence-corrected chi connectivity index (χ4v) is 2.69. The smallest absolute Gasteiger partial charge is 0.241 e. The average Bonchev–Trinajstić information content (AvgIpc) is 2.91. The maximum absolute atomic E-state index is 12.3. The van der Waals surface area contributed by atoms with Gasteiger partial charge >= 0.3 is 0 Å². The lowest BCUT2D eigenvalue weighted by atomic mass is 9.99. The molecule has 1 N–H and O–H groups in total. The van der Waals surface area contributed by atoms with Crippen LogP contribution in [0.4, 0.5) is 0 Å². The summed E-state index contributed by atoms with van der Waals surface area (Å²) in [5, 5.41) is 3.41. The summed E-state index contributed by atoms with van der Waals surface area (Å²) in [4.78, 5) is 14.3. The zero-order chi connectivity index (χ0) is 12.4. The third kappa shape index (κ3) is 2.63. The van der Waals surface area contributed by atoms with Gasteiger partial charge in [-0.05, 0) is 19.3 Å². The van der Waals surface area contributed by atoms with Crippen molar-refractivity contribution in [3.63, 3.8) is 0 Å². The molecule has 98 valence electrons. The molecule has 0 bridgehead atoms. The number of amides is 1. The summed E-state index contributed by atoms with van der Waals surface area (Å²) in [6.45, 7) is 8.87. The van der Waals surface area contributed by atoms with Gasteiger partial charge in [-0.3, -0.25) is 10.1 Å². The molecule has 4 heteroatoms. The Kier molecular flexibility index (Phi) is 4.05. The fourth-order valence-electron chi connectivity index (χ4n) is 2.69. The van der Waals surface area contributed by atoms with E-state index in [9.17, 15) is 4.79 Å². The second-order valence-electron chi connectivity index (χ2n) is 5.43. The Morgan fingerprint density at radius 2 is 2.35 bits per heavy atom. The number of carbonyl (C=O) groups is 1. The molecule has 4 nitrogen and oxygen atoms in total. The monoisotopic (exact) mass is 240 g/mol. The molecule has 1 amide bonds. The van der Waals surface area contributed by atoms with Gasteiger partial charge in [-0.1, -0.05) is 20.3 Å². The van der Waals surface area contributed by atoms with E-state index in [-0.39, 0.29) is 18.1 Å². The highest BCUT2D eigenvalue weighted by molar-refractivity contribution is 5.84. The first-order chi connectivity index (χ1) is 8.13. The highest BCUT2D eigenvalue weighted by atomic mass is 16.5. The van der Waals surface area contributed by atoms with E-state index in [4.69, 9.17) is 4.74 Å². The predicted octanol–water partition coefficient (Wildman–Crippen LogP) is 1.22. The summed E-state index contributed by atoms with van der Waals surface area (Å²) in [6, 6.07) is 0.0114. The van der Waals surface area contributed by atoms with Gasteiger partial charge in [0.1, 0.15) is 0 Å². The Morgan fingerprint density at radius 3 is 2.94 bits per heavy atom. The minimum atomic E-state index is 0.0114. The number of carbonyl (C=O) groups excluding carboxylic acids is 1. The molecule has 2 fully saturated rings. The molecule has 0 aromatic carbocycles. The van der Waals surface area contributed by atoms with Gasteiger partial charge in [0.25, 0.3) is 0 Å². The van der Waals surface area contributed by atoms with Crippen molar-refractivity contribution >= 4 is 5.91 Å². The summed E-state index contributed by atoms with van der Waals surface area (Å²) in [6.07, 6.45) is 2.29. The fraction of sp³-hybridized carbons (Fsp3) is 0.923. The van der Waals surface area contributed by atoms with Crippen molar-refractivity contribution in [2.45, 2.75) is 45.8 Å². The van der Waals surface area contributed by atoms with Gasteiger partial charge in [0.2, 0.25) is 5.91 Å². The van der Waals surface area contributed by atoms with Gasteiger partial charge in [-0.15, -0.1) is 0 Å². The molecule has 2 aliphatic heterocycles. The van der Waals surface area contributed by atoms with Crippen LogP contribution >= 0.6 is 0 Å². The molecule has 0 saturated carbocycles. The quantitative estimate of drug-likeness (QED) is 0.803. The summed E-state index contributed by atoms with van der Waals surface area (Å²) < 4.78 is 5.37. The number of hydrogen-bond donors (Lipinski definition) is 1. The van der Waals surface area contributed by atoms with E-state index in [0.717, 1.165) is 32.6 Å². The lowest BCUT2D eigenvalue weighted by molar-refractivity contribution is -0.131. The van der Waals surface area contributed by atoms with Crippen LogP contribution in [-0.2, 0) is 9.53 Å². The van der Waals surface area contributed by atoms with Crippen LogP contribution in [0.1, 0.15) is 33.6 Å². The largest absolute Gasteiger partial charge is 0.381 e. The maximum atomic E-state index is 12.3. The third-order valence-electron chi connectivity index (χ3n) is 4.13. The van der Waals surface area contributed by atoms with E-state index in [1.165, 1.54) is 0 Å². The Balaban J connectivity index is 1.95. The normalized spacial score (nSPS) is 35.6. The van der Waals surface area contributed by atoms with E-state index in [1.54, 1.807) is 0 Å². The minimum Gasteiger partial charge on any atom is -0.381 e. The molecule has 2 rings (SSSR count). The first-order valence-corrected chi connectivity index (χ1v) is 6.77. The SMILES string of the molecule is CCC(C)C1NC(C)N(CC2CCOC2)C1=O. The Bertz CT molecular complexity index is 277. The second kappa shape index (κ2) is 5.36. The molecule has 4 atom stereocenters. The van der Waals surface area contributed by atoms with Crippen LogP contribution in [0.25, 0.3) is 0 Å². The molecule has 0 radical (unpaired) electrons. The molecule has 0 aromatic rings. The van der Waals surface area contributed by atoms with Crippen molar-refractivity contribution in [2.75, 3.05) is 19.8 Å². The predicted molar refractivity (Wildman–Crippen MR) is 66.5 cm³/mol. The molecule has 17 heavy (non-hydrogen) atoms. The maximum Gasteiger partial charge on any atom is 0.241 e. The van der Waals surface area contributed by atoms with Crippen molar-refractivity contribution in [3.05, 3.63) is 0 Å². The minimum absolute atomic E-state index is 0.0114. The lowest BCUT2D eigenvalue weighted by Gasteiger charge is -2.23. The highest BCUT2D eigenvalue weighted by Gasteiger charge is 2.39. The van der Waals surface area contributed by atoms with Crippen molar-refractivity contribution in [1.82, 2.24) is 10.2 Å². The average molecular weight is 240 g/mol. The first-order valence-electron chi connectivity index (χ1n) is 6.77. The van der Waals surface area contributed by atoms with E-state index in [0.29, 0.717) is 11.8 Å². The van der Waals surface area contributed by atoms with E-state index >= 15 is 0 Å². The standard InChI is InChI=1S/C13H24N2O2/c1-4-9(2)12-13(16)15(10(3)14-12)7-11-5-6-17-8-11/h9-12,14H,4-8H2,1-3H3. The molecule has 2 heterocycles. The summed E-state index contributed by atoms with van der Waals surface area (Å²) in [5.74, 6) is 1.22. The van der Waals surface area contributed by atoms with Crippen molar-refractivity contribution < 1.29 is 9.53 Å². The Morgan fingerprint density at radius 1 is 1.59 bits per heavy atom. The number of nitrogens with zero attached hydrogens (tertiary/aromatic N) is 1. The van der Waals surface area contributed by atoms with Crippen LogP contribution in [0.5, 0.6) is 0 Å². The number of hydrogen-bond acceptors (Lipinski definition) is 3. The third-order valence-corrected chi connectivity index (χ3v) is 4.13.